The second-order valence-electron chi connectivity index (χ2n) is 3.51. The highest BCUT2D eigenvalue weighted by Gasteiger charge is 1.98. The highest BCUT2D eigenvalue weighted by atomic mass is 16.5. The molecule has 0 rings (SSSR count). The molecule has 80 valence electrons. The van der Waals surface area contributed by atoms with Crippen molar-refractivity contribution in [3.63, 3.8) is 0 Å². The molecule has 0 radical (unpaired) electrons. The van der Waals surface area contributed by atoms with Crippen molar-refractivity contribution in [3.05, 3.63) is 0 Å². The molecule has 0 saturated heterocycles. The summed E-state index contributed by atoms with van der Waals surface area (Å²) in [7, 11) is 0. The molecule has 0 aliphatic rings. The second kappa shape index (κ2) is 8.52. The van der Waals surface area contributed by atoms with E-state index in [1.54, 1.807) is 6.07 Å². The van der Waals surface area contributed by atoms with Gasteiger partial charge in [0.05, 0.1) is 6.07 Å². The van der Waals surface area contributed by atoms with Crippen molar-refractivity contribution in [2.24, 2.45) is 5.92 Å². The lowest BCUT2D eigenvalue weighted by Gasteiger charge is -2.06. The summed E-state index contributed by atoms with van der Waals surface area (Å²) < 4.78 is 5.32. The van der Waals surface area contributed by atoms with Gasteiger partial charge in [-0.2, -0.15) is 5.26 Å². The minimum Gasteiger partial charge on any atom is -0.381 e. The Hall–Kier alpha value is -1.08. The van der Waals surface area contributed by atoms with Crippen LogP contribution in [0.2, 0.25) is 0 Å². The van der Waals surface area contributed by atoms with Crippen LogP contribution in [0.4, 0.5) is 0 Å². The largest absolute Gasteiger partial charge is 0.381 e. The van der Waals surface area contributed by atoms with Gasteiger partial charge in [0, 0.05) is 19.8 Å². The van der Waals surface area contributed by atoms with Gasteiger partial charge in [0.15, 0.2) is 0 Å². The van der Waals surface area contributed by atoms with Crippen LogP contribution in [0.15, 0.2) is 0 Å². The Morgan fingerprint density at radius 1 is 1.57 bits per heavy atom. The predicted molar refractivity (Wildman–Crippen MR) is 53.5 cm³/mol. The van der Waals surface area contributed by atoms with Crippen molar-refractivity contribution < 1.29 is 9.53 Å². The summed E-state index contributed by atoms with van der Waals surface area (Å²) in [6, 6.07) is 1.79. The standard InChI is InChI=1S/C10H18N2O2/c1-9(2)8-14-7-3-6-12-10(13)4-5-11/h9H,3-4,6-8H2,1-2H3,(H,12,13). The maximum atomic E-state index is 10.8. The van der Waals surface area contributed by atoms with Crippen molar-refractivity contribution >= 4 is 5.91 Å². The first-order chi connectivity index (χ1) is 6.66. The van der Waals surface area contributed by atoms with Gasteiger partial charge >= 0.3 is 0 Å². The van der Waals surface area contributed by atoms with Crippen LogP contribution in [0, 0.1) is 17.2 Å². The first-order valence-electron chi connectivity index (χ1n) is 4.88. The first kappa shape index (κ1) is 12.9. The number of nitriles is 1. The van der Waals surface area contributed by atoms with E-state index < -0.39 is 0 Å². The molecule has 4 heteroatoms. The second-order valence-corrected chi connectivity index (χ2v) is 3.51. The third kappa shape index (κ3) is 9.01. The molecule has 1 N–H and O–H groups in total. The fourth-order valence-corrected chi connectivity index (χ4v) is 0.855. The van der Waals surface area contributed by atoms with Gasteiger partial charge in [-0.15, -0.1) is 0 Å². The Bertz CT molecular complexity index is 197. The van der Waals surface area contributed by atoms with E-state index in [2.05, 4.69) is 19.2 Å². The molecule has 0 fully saturated rings. The maximum absolute atomic E-state index is 10.8. The summed E-state index contributed by atoms with van der Waals surface area (Å²) in [6.45, 7) is 6.18. The van der Waals surface area contributed by atoms with Crippen molar-refractivity contribution in [1.82, 2.24) is 5.32 Å². The summed E-state index contributed by atoms with van der Waals surface area (Å²) in [5, 5.41) is 10.8. The van der Waals surface area contributed by atoms with Gasteiger partial charge in [-0.05, 0) is 12.3 Å². The zero-order chi connectivity index (χ0) is 10.8. The Labute approximate surface area is 85.2 Å². The van der Waals surface area contributed by atoms with Gasteiger partial charge in [-0.1, -0.05) is 13.8 Å². The van der Waals surface area contributed by atoms with E-state index >= 15 is 0 Å². The molecule has 14 heavy (non-hydrogen) atoms. The van der Waals surface area contributed by atoms with Crippen LogP contribution in [0.1, 0.15) is 26.7 Å². The average Bonchev–Trinajstić information content (AvgIpc) is 2.11. The lowest BCUT2D eigenvalue weighted by molar-refractivity contribution is -0.120. The third-order valence-electron chi connectivity index (χ3n) is 1.48. The van der Waals surface area contributed by atoms with Crippen LogP contribution in [0.5, 0.6) is 0 Å². The molecule has 0 aromatic rings. The minimum absolute atomic E-state index is 0.0626. The summed E-state index contributed by atoms with van der Waals surface area (Å²) in [4.78, 5) is 10.8. The molecule has 1 amide bonds. The molecule has 0 aliphatic heterocycles. The van der Waals surface area contributed by atoms with Crippen molar-refractivity contribution in [1.29, 1.82) is 5.26 Å². The predicted octanol–water partition coefficient (Wildman–Crippen LogP) is 1.08. The van der Waals surface area contributed by atoms with E-state index in [1.165, 1.54) is 0 Å². The summed E-state index contributed by atoms with van der Waals surface area (Å²) in [5.74, 6) is 0.333. The average molecular weight is 198 g/mol. The lowest BCUT2D eigenvalue weighted by atomic mass is 10.2. The van der Waals surface area contributed by atoms with Crippen molar-refractivity contribution in [3.8, 4) is 6.07 Å². The smallest absolute Gasteiger partial charge is 0.234 e. The van der Waals surface area contributed by atoms with Gasteiger partial charge in [-0.25, -0.2) is 0 Å². The fourth-order valence-electron chi connectivity index (χ4n) is 0.855. The van der Waals surface area contributed by atoms with Crippen LogP contribution < -0.4 is 5.32 Å². The molecule has 0 atom stereocenters. The topological polar surface area (TPSA) is 62.1 Å². The van der Waals surface area contributed by atoms with E-state index in [1.807, 2.05) is 0 Å². The van der Waals surface area contributed by atoms with Crippen LogP contribution in [0.3, 0.4) is 0 Å². The van der Waals surface area contributed by atoms with E-state index in [9.17, 15) is 4.79 Å². The number of nitrogens with one attached hydrogen (secondary N) is 1. The van der Waals surface area contributed by atoms with E-state index in [-0.39, 0.29) is 12.3 Å². The van der Waals surface area contributed by atoms with E-state index in [0.717, 1.165) is 13.0 Å². The molecule has 0 heterocycles. The minimum atomic E-state index is -0.212. The zero-order valence-corrected chi connectivity index (χ0v) is 8.88. The van der Waals surface area contributed by atoms with E-state index in [4.69, 9.17) is 10.00 Å². The van der Waals surface area contributed by atoms with Crippen molar-refractivity contribution in [2.45, 2.75) is 26.7 Å². The van der Waals surface area contributed by atoms with Crippen LogP contribution in [-0.4, -0.2) is 25.7 Å². The fraction of sp³-hybridized carbons (Fsp3) is 0.800. The molecule has 4 nitrogen and oxygen atoms in total. The van der Waals surface area contributed by atoms with Gasteiger partial charge in [-0.3, -0.25) is 4.79 Å². The van der Waals surface area contributed by atoms with Gasteiger partial charge in [0.1, 0.15) is 6.42 Å². The quantitative estimate of drug-likeness (QED) is 0.623. The SMILES string of the molecule is CC(C)COCCCNC(=O)CC#N. The molecule has 0 spiro atoms. The number of amides is 1. The van der Waals surface area contributed by atoms with Crippen LogP contribution in [-0.2, 0) is 9.53 Å². The molecule has 0 bridgehead atoms. The molecule has 0 saturated carbocycles. The highest BCUT2D eigenvalue weighted by Crippen LogP contribution is 1.92. The third-order valence-corrected chi connectivity index (χ3v) is 1.48. The summed E-state index contributed by atoms with van der Waals surface area (Å²) >= 11 is 0. The number of carbonyl (C=O) groups is 1. The Morgan fingerprint density at radius 2 is 2.29 bits per heavy atom. The van der Waals surface area contributed by atoms with Crippen molar-refractivity contribution in [2.75, 3.05) is 19.8 Å². The number of hydrogen-bond acceptors (Lipinski definition) is 3. The molecule has 0 unspecified atom stereocenters. The van der Waals surface area contributed by atoms with Crippen LogP contribution in [0.25, 0.3) is 0 Å². The summed E-state index contributed by atoms with van der Waals surface area (Å²) in [5.41, 5.74) is 0. The Balaban J connectivity index is 3.14. The Kier molecular flexibility index (Phi) is 7.86. The number of rotatable bonds is 7. The zero-order valence-electron chi connectivity index (χ0n) is 8.88. The van der Waals surface area contributed by atoms with Gasteiger partial charge < -0.3 is 10.1 Å². The molecular formula is C10H18N2O2. The van der Waals surface area contributed by atoms with Gasteiger partial charge in [0.25, 0.3) is 0 Å². The molecule has 0 aliphatic carbocycles. The number of carbonyl (C=O) groups excluding carboxylic acids is 1. The Morgan fingerprint density at radius 3 is 2.86 bits per heavy atom. The number of ether oxygens (including phenoxy) is 1. The molecular weight excluding hydrogens is 180 g/mol. The van der Waals surface area contributed by atoms with Crippen LogP contribution >= 0.6 is 0 Å². The monoisotopic (exact) mass is 198 g/mol. The highest BCUT2D eigenvalue weighted by molar-refractivity contribution is 5.77. The lowest BCUT2D eigenvalue weighted by Crippen LogP contribution is -2.24. The van der Waals surface area contributed by atoms with E-state index in [0.29, 0.717) is 19.1 Å². The number of hydrogen-bond donors (Lipinski definition) is 1. The molecule has 0 aromatic heterocycles. The normalized spacial score (nSPS) is 9.86. The van der Waals surface area contributed by atoms with Gasteiger partial charge in [0.2, 0.25) is 5.91 Å². The summed E-state index contributed by atoms with van der Waals surface area (Å²) in [6.07, 6.45) is 0.733. The first-order valence-corrected chi connectivity index (χ1v) is 4.88. The molecule has 0 aromatic carbocycles. The maximum Gasteiger partial charge on any atom is 0.234 e. The number of nitrogens with zero attached hydrogens (tertiary/aromatic N) is 1.